The molecule has 0 aromatic carbocycles. The number of hydrogen-bond donors (Lipinski definition) is 1. The molecule has 13 heavy (non-hydrogen) atoms. The van der Waals surface area contributed by atoms with E-state index in [4.69, 9.17) is 5.11 Å². The van der Waals surface area contributed by atoms with Gasteiger partial charge in [-0.05, 0) is 12.8 Å². The molecule has 1 N–H and O–H groups in total. The molecule has 3 nitrogen and oxygen atoms in total. The molecule has 1 atom stereocenters. The summed E-state index contributed by atoms with van der Waals surface area (Å²) in [4.78, 5) is 21.8. The quantitative estimate of drug-likeness (QED) is 0.681. The van der Waals surface area contributed by atoms with E-state index in [0.29, 0.717) is 12.8 Å². The third-order valence-electron chi connectivity index (χ3n) is 3.25. The van der Waals surface area contributed by atoms with Crippen LogP contribution in [0.2, 0.25) is 0 Å². The minimum atomic E-state index is -0.799. The normalized spacial score (nSPS) is 23.5. The Morgan fingerprint density at radius 2 is 1.92 bits per heavy atom. The smallest absolute Gasteiger partial charge is 0.310 e. The maximum atomic E-state index is 11.1. The van der Waals surface area contributed by atoms with Crippen molar-refractivity contribution in [3.63, 3.8) is 0 Å². The number of carbonyl (C=O) groups is 2. The van der Waals surface area contributed by atoms with Gasteiger partial charge in [-0.3, -0.25) is 4.79 Å². The Morgan fingerprint density at radius 3 is 2.31 bits per heavy atom. The Labute approximate surface area is 78.1 Å². The number of aliphatic carboxylic acids is 1. The number of carboxylic acids is 1. The molecule has 0 aliphatic heterocycles. The van der Waals surface area contributed by atoms with Crippen molar-refractivity contribution in [1.29, 1.82) is 0 Å². The first-order chi connectivity index (χ1) is 6.13. The molecular weight excluding hydrogens is 168 g/mol. The molecule has 0 radical (unpaired) electrons. The van der Waals surface area contributed by atoms with Crippen LogP contribution in [0.15, 0.2) is 0 Å². The molecule has 0 aromatic heterocycles. The second kappa shape index (κ2) is 3.90. The molecule has 1 unspecified atom stereocenters. The highest BCUT2D eigenvalue weighted by Gasteiger charge is 2.44. The van der Waals surface area contributed by atoms with Crippen LogP contribution in [0.4, 0.5) is 0 Å². The first-order valence-electron chi connectivity index (χ1n) is 4.82. The van der Waals surface area contributed by atoms with Gasteiger partial charge in [-0.1, -0.05) is 26.2 Å². The number of carbonyl (C=O) groups excluding carboxylic acids is 1. The molecule has 1 fully saturated rings. The molecule has 1 saturated carbocycles. The van der Waals surface area contributed by atoms with Crippen LogP contribution in [0.5, 0.6) is 0 Å². The van der Waals surface area contributed by atoms with Gasteiger partial charge in [0, 0.05) is 5.92 Å². The number of carboxylic acid groups (broad SMARTS) is 1. The molecule has 0 bridgehead atoms. The zero-order valence-corrected chi connectivity index (χ0v) is 7.95. The highest BCUT2D eigenvalue weighted by molar-refractivity contribution is 5.79. The Hall–Kier alpha value is -0.860. The van der Waals surface area contributed by atoms with Crippen molar-refractivity contribution in [2.24, 2.45) is 11.3 Å². The molecule has 0 heterocycles. The molecule has 0 spiro atoms. The van der Waals surface area contributed by atoms with Crippen LogP contribution in [-0.4, -0.2) is 17.4 Å². The van der Waals surface area contributed by atoms with Gasteiger partial charge in [0.1, 0.15) is 6.29 Å². The van der Waals surface area contributed by atoms with Crippen molar-refractivity contribution in [2.75, 3.05) is 0 Å². The van der Waals surface area contributed by atoms with Crippen LogP contribution in [0.3, 0.4) is 0 Å². The van der Waals surface area contributed by atoms with Gasteiger partial charge in [0.15, 0.2) is 0 Å². The molecule has 1 rings (SSSR count). The van der Waals surface area contributed by atoms with Gasteiger partial charge in [-0.2, -0.15) is 0 Å². The third kappa shape index (κ3) is 1.74. The van der Waals surface area contributed by atoms with Gasteiger partial charge in [0.05, 0.1) is 5.41 Å². The monoisotopic (exact) mass is 184 g/mol. The SMILES string of the molecule is CC(C=O)C1(C(=O)O)CCCCC1. The second-order valence-electron chi connectivity index (χ2n) is 3.95. The lowest BCUT2D eigenvalue weighted by atomic mass is 9.67. The average molecular weight is 184 g/mol. The van der Waals surface area contributed by atoms with Crippen molar-refractivity contribution in [1.82, 2.24) is 0 Å². The first-order valence-corrected chi connectivity index (χ1v) is 4.82. The number of hydrogen-bond acceptors (Lipinski definition) is 2. The summed E-state index contributed by atoms with van der Waals surface area (Å²) in [6.45, 7) is 1.71. The maximum absolute atomic E-state index is 11.1. The van der Waals surface area contributed by atoms with Crippen molar-refractivity contribution in [3.8, 4) is 0 Å². The molecule has 1 aliphatic carbocycles. The van der Waals surface area contributed by atoms with E-state index in [9.17, 15) is 9.59 Å². The summed E-state index contributed by atoms with van der Waals surface area (Å²) in [5.74, 6) is -1.16. The van der Waals surface area contributed by atoms with Gasteiger partial charge in [0.2, 0.25) is 0 Å². The average Bonchev–Trinajstić information content (AvgIpc) is 2.17. The fourth-order valence-electron chi connectivity index (χ4n) is 2.18. The highest BCUT2D eigenvalue weighted by Crippen LogP contribution is 2.41. The number of aldehydes is 1. The summed E-state index contributed by atoms with van der Waals surface area (Å²) in [5, 5.41) is 9.13. The van der Waals surface area contributed by atoms with E-state index in [0.717, 1.165) is 25.5 Å². The van der Waals surface area contributed by atoms with E-state index in [1.807, 2.05) is 0 Å². The minimum Gasteiger partial charge on any atom is -0.481 e. The predicted molar refractivity (Wildman–Crippen MR) is 48.4 cm³/mol. The van der Waals surface area contributed by atoms with Crippen molar-refractivity contribution in [2.45, 2.75) is 39.0 Å². The van der Waals surface area contributed by atoms with Gasteiger partial charge >= 0.3 is 5.97 Å². The predicted octanol–water partition coefficient (Wildman–Crippen LogP) is 1.86. The lowest BCUT2D eigenvalue weighted by Gasteiger charge is -2.35. The van der Waals surface area contributed by atoms with Crippen molar-refractivity contribution in [3.05, 3.63) is 0 Å². The van der Waals surface area contributed by atoms with E-state index in [1.54, 1.807) is 6.92 Å². The zero-order chi connectivity index (χ0) is 9.90. The summed E-state index contributed by atoms with van der Waals surface area (Å²) in [7, 11) is 0. The lowest BCUT2D eigenvalue weighted by Crippen LogP contribution is -2.40. The van der Waals surface area contributed by atoms with Crippen molar-refractivity contribution >= 4 is 12.3 Å². The largest absolute Gasteiger partial charge is 0.481 e. The molecule has 3 heteroatoms. The summed E-state index contributed by atoms with van der Waals surface area (Å²) in [6.07, 6.45) is 5.06. The van der Waals surface area contributed by atoms with Gasteiger partial charge in [-0.15, -0.1) is 0 Å². The fourth-order valence-corrected chi connectivity index (χ4v) is 2.18. The Kier molecular flexibility index (Phi) is 3.07. The zero-order valence-electron chi connectivity index (χ0n) is 7.95. The molecular formula is C10H16O3. The van der Waals surface area contributed by atoms with Crippen LogP contribution in [-0.2, 0) is 9.59 Å². The van der Waals surface area contributed by atoms with Gasteiger partial charge in [0.25, 0.3) is 0 Å². The maximum Gasteiger partial charge on any atom is 0.310 e. The van der Waals surface area contributed by atoms with Crippen LogP contribution in [0.1, 0.15) is 39.0 Å². The first kappa shape index (κ1) is 10.2. The molecule has 0 amide bonds. The molecule has 0 saturated heterocycles. The third-order valence-corrected chi connectivity index (χ3v) is 3.25. The second-order valence-corrected chi connectivity index (χ2v) is 3.95. The summed E-state index contributed by atoms with van der Waals surface area (Å²) < 4.78 is 0. The highest BCUT2D eigenvalue weighted by atomic mass is 16.4. The number of rotatable bonds is 3. The minimum absolute atomic E-state index is 0.356. The Morgan fingerprint density at radius 1 is 1.38 bits per heavy atom. The summed E-state index contributed by atoms with van der Waals surface area (Å²) >= 11 is 0. The van der Waals surface area contributed by atoms with Gasteiger partial charge in [-0.25, -0.2) is 0 Å². The molecule has 74 valence electrons. The standard InChI is InChI=1S/C10H16O3/c1-8(7-11)10(9(12)13)5-3-2-4-6-10/h7-8H,2-6H2,1H3,(H,12,13). The molecule has 1 aliphatic rings. The van der Waals surface area contributed by atoms with E-state index in [1.165, 1.54) is 0 Å². The Bertz CT molecular complexity index is 204. The van der Waals surface area contributed by atoms with Crippen LogP contribution >= 0.6 is 0 Å². The van der Waals surface area contributed by atoms with E-state index >= 15 is 0 Å². The topological polar surface area (TPSA) is 54.4 Å². The summed E-state index contributed by atoms with van der Waals surface area (Å²) in [6, 6.07) is 0. The van der Waals surface area contributed by atoms with E-state index < -0.39 is 11.4 Å². The van der Waals surface area contributed by atoms with Crippen LogP contribution in [0, 0.1) is 11.3 Å². The molecule has 0 aromatic rings. The van der Waals surface area contributed by atoms with Crippen LogP contribution in [0.25, 0.3) is 0 Å². The van der Waals surface area contributed by atoms with Crippen LogP contribution < -0.4 is 0 Å². The van der Waals surface area contributed by atoms with E-state index in [-0.39, 0.29) is 5.92 Å². The fraction of sp³-hybridized carbons (Fsp3) is 0.800. The van der Waals surface area contributed by atoms with Gasteiger partial charge < -0.3 is 9.90 Å². The summed E-state index contributed by atoms with van der Waals surface area (Å²) in [5.41, 5.74) is -0.764. The lowest BCUT2D eigenvalue weighted by molar-refractivity contribution is -0.156. The van der Waals surface area contributed by atoms with E-state index in [2.05, 4.69) is 0 Å². The van der Waals surface area contributed by atoms with Crippen molar-refractivity contribution < 1.29 is 14.7 Å². The Balaban J connectivity index is 2.84.